The highest BCUT2D eigenvalue weighted by molar-refractivity contribution is 7.99. The van der Waals surface area contributed by atoms with Crippen molar-refractivity contribution in [3.63, 3.8) is 0 Å². The lowest BCUT2D eigenvalue weighted by molar-refractivity contribution is -0.245. The molecule has 0 spiro atoms. The number of para-hydroxylation sites is 2. The van der Waals surface area contributed by atoms with Gasteiger partial charge in [-0.05, 0) is 52.8 Å². The molecule has 1 aliphatic heterocycles. The summed E-state index contributed by atoms with van der Waals surface area (Å²) in [5.41, 5.74) is 15.6. The second kappa shape index (κ2) is 21.7. The van der Waals surface area contributed by atoms with Crippen LogP contribution in [-0.4, -0.2) is 33.8 Å². The molecular weight excluding hydrogens is 821 g/mol. The number of hydrogen-bond donors (Lipinski definition) is 4. The van der Waals surface area contributed by atoms with Crippen LogP contribution in [0, 0.1) is 0 Å². The number of benzene rings is 6. The van der Waals surface area contributed by atoms with Crippen LogP contribution in [0.2, 0.25) is 0 Å². The Morgan fingerprint density at radius 3 is 2.08 bits per heavy atom. The molecule has 6 aromatic carbocycles. The molecule has 1 aromatic heterocycles. The third-order valence-corrected chi connectivity index (χ3v) is 12.2. The molecule has 0 radical (unpaired) electrons. The fourth-order valence-electron chi connectivity index (χ4n) is 7.76. The summed E-state index contributed by atoms with van der Waals surface area (Å²) in [7, 11) is 0. The topological polar surface area (TPSA) is 149 Å². The minimum atomic E-state index is -0.633. The standard InChI is InChI=1S/C53H52N4O6S/c54-45-20-12-13-21-46(45)56-49(60)23-9-3-8-22-48(59)55-33-42-18-10-11-19-44(42)37-28-30-41(31-29-37)52-61-43(32-47(62-52)38-26-24-36(34-58)25-27-38)35-64-53-57-50(39-14-4-1-5-15-39)51(63-53)40-16-6-2-7-17-40/h1-2,4-7,10-21,24-31,43,47,52,58H,3,8-9,22-23,32-35,54H2,(H,55,59)(H,56,60). The molecule has 1 aliphatic rings. The fraction of sp³-hybridized carbons (Fsp3) is 0.226. The third-order valence-electron chi connectivity index (χ3n) is 11.2. The third kappa shape index (κ3) is 11.5. The highest BCUT2D eigenvalue weighted by Gasteiger charge is 2.33. The Bertz CT molecular complexity index is 2550. The van der Waals surface area contributed by atoms with Gasteiger partial charge in [-0.25, -0.2) is 4.98 Å². The van der Waals surface area contributed by atoms with Gasteiger partial charge in [-0.2, -0.15) is 0 Å². The van der Waals surface area contributed by atoms with E-state index in [0.717, 1.165) is 62.4 Å². The number of carbonyl (C=O) groups is 2. The van der Waals surface area contributed by atoms with Gasteiger partial charge in [0.15, 0.2) is 12.1 Å². The average molecular weight is 873 g/mol. The van der Waals surface area contributed by atoms with Crippen molar-refractivity contribution in [2.24, 2.45) is 0 Å². The minimum Gasteiger partial charge on any atom is -0.431 e. The van der Waals surface area contributed by atoms with Crippen LogP contribution in [-0.2, 0) is 32.2 Å². The van der Waals surface area contributed by atoms with Crippen molar-refractivity contribution < 1.29 is 28.6 Å². The number of nitrogens with zero attached hydrogens (tertiary/aromatic N) is 1. The first-order valence-electron chi connectivity index (χ1n) is 21.7. The molecule has 0 bridgehead atoms. The van der Waals surface area contributed by atoms with E-state index in [-0.39, 0.29) is 30.6 Å². The Morgan fingerprint density at radius 1 is 0.688 bits per heavy atom. The number of thioether (sulfide) groups is 1. The number of oxazole rings is 1. The Hall–Kier alpha value is -6.50. The number of rotatable bonds is 18. The van der Waals surface area contributed by atoms with Crippen molar-refractivity contribution in [2.45, 2.75) is 75.4 Å². The zero-order chi connectivity index (χ0) is 44.1. The molecule has 11 heteroatoms. The van der Waals surface area contributed by atoms with E-state index in [9.17, 15) is 14.7 Å². The lowest BCUT2D eigenvalue weighted by Crippen LogP contribution is -2.31. The van der Waals surface area contributed by atoms with Crippen LogP contribution >= 0.6 is 11.8 Å². The first-order chi connectivity index (χ1) is 31.4. The van der Waals surface area contributed by atoms with Crippen molar-refractivity contribution >= 4 is 35.0 Å². The van der Waals surface area contributed by atoms with E-state index >= 15 is 0 Å². The van der Waals surface area contributed by atoms with Gasteiger partial charge >= 0.3 is 0 Å². The molecule has 326 valence electrons. The number of aliphatic hydroxyl groups excluding tert-OH is 1. The fourth-order valence-corrected chi connectivity index (χ4v) is 8.60. The smallest absolute Gasteiger partial charge is 0.256 e. The van der Waals surface area contributed by atoms with E-state index in [4.69, 9.17) is 24.6 Å². The number of nitrogen functional groups attached to an aromatic ring is 1. The largest absolute Gasteiger partial charge is 0.431 e. The normalized spacial score (nSPS) is 16.0. The van der Waals surface area contributed by atoms with Crippen molar-refractivity contribution in [3.05, 3.63) is 180 Å². The predicted octanol–water partition coefficient (Wildman–Crippen LogP) is 11.3. The number of unbranched alkanes of at least 4 members (excludes halogenated alkanes) is 2. The molecule has 2 heterocycles. The van der Waals surface area contributed by atoms with Gasteiger partial charge in [0, 0.05) is 48.3 Å². The quantitative estimate of drug-likeness (QED) is 0.0375. The van der Waals surface area contributed by atoms with Crippen molar-refractivity contribution in [3.8, 4) is 33.7 Å². The van der Waals surface area contributed by atoms with E-state index in [2.05, 4.69) is 28.8 Å². The number of ether oxygens (including phenoxy) is 2. The summed E-state index contributed by atoms with van der Waals surface area (Å²) in [4.78, 5) is 30.2. The summed E-state index contributed by atoms with van der Waals surface area (Å²) in [6.45, 7) is 0.368. The number of aromatic nitrogens is 1. The van der Waals surface area contributed by atoms with Gasteiger partial charge in [-0.3, -0.25) is 9.59 Å². The molecule has 7 aromatic rings. The molecule has 10 nitrogen and oxygen atoms in total. The summed E-state index contributed by atoms with van der Waals surface area (Å²) >= 11 is 1.53. The molecule has 3 atom stereocenters. The second-order valence-electron chi connectivity index (χ2n) is 15.8. The van der Waals surface area contributed by atoms with Crippen LogP contribution in [0.15, 0.2) is 167 Å². The van der Waals surface area contributed by atoms with Crippen molar-refractivity contribution in [1.29, 1.82) is 0 Å². The van der Waals surface area contributed by atoms with Gasteiger partial charge in [0.25, 0.3) is 5.22 Å². The number of aliphatic hydroxyl groups is 1. The molecule has 3 unspecified atom stereocenters. The first-order valence-corrected chi connectivity index (χ1v) is 22.7. The Labute approximate surface area is 378 Å². The van der Waals surface area contributed by atoms with Gasteiger partial charge in [0.2, 0.25) is 11.8 Å². The van der Waals surface area contributed by atoms with Crippen LogP contribution in [0.4, 0.5) is 11.4 Å². The summed E-state index contributed by atoms with van der Waals surface area (Å²) in [5, 5.41) is 16.2. The van der Waals surface area contributed by atoms with Gasteiger partial charge < -0.3 is 35.4 Å². The molecule has 5 N–H and O–H groups in total. The molecule has 0 saturated carbocycles. The number of hydrogen-bond acceptors (Lipinski definition) is 9. The van der Waals surface area contributed by atoms with Crippen LogP contribution < -0.4 is 16.4 Å². The van der Waals surface area contributed by atoms with Crippen LogP contribution in [0.1, 0.15) is 73.2 Å². The van der Waals surface area contributed by atoms with E-state index < -0.39 is 6.29 Å². The monoisotopic (exact) mass is 872 g/mol. The minimum absolute atomic E-state index is 0.0253. The number of anilines is 2. The molecule has 8 rings (SSSR count). The number of amides is 2. The summed E-state index contributed by atoms with van der Waals surface area (Å²) in [5.74, 6) is 1.21. The predicted molar refractivity (Wildman–Crippen MR) is 253 cm³/mol. The van der Waals surface area contributed by atoms with E-state index in [0.29, 0.717) is 61.0 Å². The van der Waals surface area contributed by atoms with Crippen molar-refractivity contribution in [1.82, 2.24) is 10.3 Å². The summed E-state index contributed by atoms with van der Waals surface area (Å²) < 4.78 is 19.8. The maximum Gasteiger partial charge on any atom is 0.256 e. The maximum atomic E-state index is 12.9. The average Bonchev–Trinajstić information content (AvgIpc) is 3.78. The Kier molecular flexibility index (Phi) is 15.0. The van der Waals surface area contributed by atoms with E-state index in [1.165, 1.54) is 11.8 Å². The molecule has 64 heavy (non-hydrogen) atoms. The molecule has 1 fully saturated rings. The summed E-state index contributed by atoms with van der Waals surface area (Å²) in [6, 6.07) is 51.5. The SMILES string of the molecule is Nc1ccccc1NC(=O)CCCCCC(=O)NCc1ccccc1-c1ccc(C2OC(CSc3nc(-c4ccccc4)c(-c4ccccc4)o3)CC(c3ccc(CO)cc3)O2)cc1. The maximum absolute atomic E-state index is 12.9. The van der Waals surface area contributed by atoms with E-state index in [1.807, 2.05) is 127 Å². The van der Waals surface area contributed by atoms with Gasteiger partial charge in [-0.1, -0.05) is 164 Å². The number of nitrogens with one attached hydrogen (secondary N) is 2. The lowest BCUT2D eigenvalue weighted by Gasteiger charge is -2.36. The molecule has 0 aliphatic carbocycles. The highest BCUT2D eigenvalue weighted by atomic mass is 32.2. The second-order valence-corrected chi connectivity index (χ2v) is 16.8. The molecule has 2 amide bonds. The number of carbonyl (C=O) groups excluding carboxylic acids is 2. The highest BCUT2D eigenvalue weighted by Crippen LogP contribution is 2.41. The van der Waals surface area contributed by atoms with E-state index in [1.54, 1.807) is 12.1 Å². The zero-order valence-electron chi connectivity index (χ0n) is 35.5. The Balaban J connectivity index is 0.900. The lowest BCUT2D eigenvalue weighted by atomic mass is 9.97. The molecular formula is C53H52N4O6S. The van der Waals surface area contributed by atoms with Crippen LogP contribution in [0.3, 0.4) is 0 Å². The van der Waals surface area contributed by atoms with Gasteiger partial charge in [0.05, 0.1) is 30.2 Å². The summed E-state index contributed by atoms with van der Waals surface area (Å²) in [6.07, 6.45) is 2.46. The van der Waals surface area contributed by atoms with Crippen LogP contribution in [0.25, 0.3) is 33.7 Å². The van der Waals surface area contributed by atoms with Gasteiger partial charge in [0.1, 0.15) is 5.69 Å². The first kappa shape index (κ1) is 44.1. The van der Waals surface area contributed by atoms with Crippen LogP contribution in [0.5, 0.6) is 0 Å². The van der Waals surface area contributed by atoms with Crippen molar-refractivity contribution in [2.75, 3.05) is 16.8 Å². The zero-order valence-corrected chi connectivity index (χ0v) is 36.3. The number of nitrogens with two attached hydrogens (primary N) is 1. The Morgan fingerprint density at radius 2 is 1.34 bits per heavy atom. The van der Waals surface area contributed by atoms with Gasteiger partial charge in [-0.15, -0.1) is 0 Å². The molecule has 1 saturated heterocycles.